The third-order valence-corrected chi connectivity index (χ3v) is 7.53. The van der Waals surface area contributed by atoms with Gasteiger partial charge in [0.15, 0.2) is 0 Å². The quantitative estimate of drug-likeness (QED) is 0.204. The fraction of sp³-hybridized carbons (Fsp3) is 0.138. The van der Waals surface area contributed by atoms with Crippen molar-refractivity contribution in [3.8, 4) is 11.1 Å². The molecule has 0 spiro atoms. The molecular formula is C29H23N3O6S. The number of ether oxygens (including phenoxy) is 1. The van der Waals surface area contributed by atoms with Crippen molar-refractivity contribution in [1.82, 2.24) is 10.3 Å². The second-order valence-corrected chi connectivity index (χ2v) is 9.95. The van der Waals surface area contributed by atoms with Crippen LogP contribution in [-0.2, 0) is 16.0 Å². The van der Waals surface area contributed by atoms with E-state index in [1.165, 1.54) is 23.9 Å². The van der Waals surface area contributed by atoms with Crippen molar-refractivity contribution in [2.24, 2.45) is 0 Å². The van der Waals surface area contributed by atoms with E-state index in [0.29, 0.717) is 15.5 Å². The molecule has 0 saturated heterocycles. The number of pyridine rings is 1. The van der Waals surface area contributed by atoms with Crippen molar-refractivity contribution in [1.29, 1.82) is 0 Å². The molecule has 9 nitrogen and oxygen atoms in total. The number of non-ortho nitro benzene ring substituents is 1. The fourth-order valence-corrected chi connectivity index (χ4v) is 5.56. The molecule has 1 atom stereocenters. The number of carbonyl (C=O) groups is 2. The second kappa shape index (κ2) is 11.4. The molecule has 196 valence electrons. The van der Waals surface area contributed by atoms with E-state index in [-0.39, 0.29) is 24.6 Å². The van der Waals surface area contributed by atoms with Crippen molar-refractivity contribution in [3.63, 3.8) is 0 Å². The van der Waals surface area contributed by atoms with E-state index < -0.39 is 23.0 Å². The van der Waals surface area contributed by atoms with Crippen LogP contribution in [0.4, 0.5) is 10.5 Å². The molecule has 1 aliphatic rings. The lowest BCUT2D eigenvalue weighted by Crippen LogP contribution is -2.43. The molecule has 5 rings (SSSR count). The highest BCUT2D eigenvalue weighted by Gasteiger charge is 2.30. The van der Waals surface area contributed by atoms with Crippen LogP contribution >= 0.6 is 11.8 Å². The molecule has 2 N–H and O–H groups in total. The van der Waals surface area contributed by atoms with Crippen LogP contribution in [0.2, 0.25) is 0 Å². The van der Waals surface area contributed by atoms with Crippen molar-refractivity contribution < 1.29 is 24.4 Å². The summed E-state index contributed by atoms with van der Waals surface area (Å²) in [5, 5.41) is 24.3. The van der Waals surface area contributed by atoms with Crippen molar-refractivity contribution >= 4 is 29.5 Å². The highest BCUT2D eigenvalue weighted by molar-refractivity contribution is 7.99. The van der Waals surface area contributed by atoms with Crippen molar-refractivity contribution in [2.45, 2.75) is 28.3 Å². The summed E-state index contributed by atoms with van der Waals surface area (Å²) in [5.41, 5.74) is 4.44. The standard InChI is InChI=1S/C29H23N3O6S/c33-28(34)25(16-18-15-19(32(36)37)12-13-26(18)39-27-11-5-6-14-30-27)31-29(35)38-17-24-22-9-3-1-7-20(22)21-8-2-4-10-23(21)24/h1-15,24-25H,16-17H2,(H,31,35)(H,33,34). The first-order valence-corrected chi connectivity index (χ1v) is 12.9. The molecule has 1 aliphatic carbocycles. The Bertz CT molecular complexity index is 1500. The van der Waals surface area contributed by atoms with E-state index in [1.807, 2.05) is 48.5 Å². The van der Waals surface area contributed by atoms with Gasteiger partial charge in [-0.15, -0.1) is 0 Å². The Balaban J connectivity index is 1.31. The molecule has 0 saturated carbocycles. The number of fused-ring (bicyclic) bond motifs is 3. The predicted octanol–water partition coefficient (Wildman–Crippen LogP) is 5.68. The maximum Gasteiger partial charge on any atom is 0.407 e. The molecule has 1 heterocycles. The minimum atomic E-state index is -1.37. The van der Waals surface area contributed by atoms with Gasteiger partial charge in [-0.25, -0.2) is 14.6 Å². The average Bonchev–Trinajstić information content (AvgIpc) is 3.26. The average molecular weight is 542 g/mol. The first kappa shape index (κ1) is 25.9. The number of carboxylic acid groups (broad SMARTS) is 1. The molecule has 4 aromatic rings. The smallest absolute Gasteiger partial charge is 0.407 e. The topological polar surface area (TPSA) is 132 Å². The van der Waals surface area contributed by atoms with Crippen molar-refractivity contribution in [2.75, 3.05) is 6.61 Å². The number of nitro groups is 1. The summed E-state index contributed by atoms with van der Waals surface area (Å²) >= 11 is 1.25. The van der Waals surface area contributed by atoms with E-state index in [0.717, 1.165) is 22.3 Å². The normalized spacial score (nSPS) is 12.7. The molecule has 0 aliphatic heterocycles. The van der Waals surface area contributed by atoms with Gasteiger partial charge in [0.1, 0.15) is 17.7 Å². The fourth-order valence-electron chi connectivity index (χ4n) is 4.66. The lowest BCUT2D eigenvalue weighted by atomic mass is 9.98. The highest BCUT2D eigenvalue weighted by atomic mass is 32.2. The van der Waals surface area contributed by atoms with Gasteiger partial charge in [-0.1, -0.05) is 66.4 Å². The summed E-state index contributed by atoms with van der Waals surface area (Å²) in [7, 11) is 0. The first-order chi connectivity index (χ1) is 18.9. The Kier molecular flexibility index (Phi) is 7.55. The third-order valence-electron chi connectivity index (χ3n) is 6.47. The Hall–Kier alpha value is -4.70. The molecule has 10 heteroatoms. The Morgan fingerprint density at radius 2 is 1.67 bits per heavy atom. The number of nitro benzene ring substituents is 1. The van der Waals surface area contributed by atoms with E-state index in [9.17, 15) is 24.8 Å². The van der Waals surface area contributed by atoms with Crippen LogP contribution in [-0.4, -0.2) is 39.7 Å². The number of hydrogen-bond acceptors (Lipinski definition) is 7. The van der Waals surface area contributed by atoms with Gasteiger partial charge in [0.05, 0.1) is 4.92 Å². The van der Waals surface area contributed by atoms with E-state index in [4.69, 9.17) is 4.74 Å². The molecular weight excluding hydrogens is 518 g/mol. The number of carbonyl (C=O) groups excluding carboxylic acids is 1. The zero-order chi connectivity index (χ0) is 27.4. The van der Waals surface area contributed by atoms with Gasteiger partial charge < -0.3 is 15.2 Å². The molecule has 0 fully saturated rings. The lowest BCUT2D eigenvalue weighted by Gasteiger charge is -2.18. The van der Waals surface area contributed by atoms with Gasteiger partial charge in [0.25, 0.3) is 5.69 Å². The second-order valence-electron chi connectivity index (χ2n) is 8.88. The molecule has 0 radical (unpaired) electrons. The van der Waals surface area contributed by atoms with Crippen LogP contribution in [0.3, 0.4) is 0 Å². The van der Waals surface area contributed by atoms with Crippen molar-refractivity contribution in [3.05, 3.63) is 118 Å². The molecule has 1 unspecified atom stereocenters. The van der Waals surface area contributed by atoms with Gasteiger partial charge in [0.2, 0.25) is 0 Å². The van der Waals surface area contributed by atoms with Gasteiger partial charge in [0, 0.05) is 35.6 Å². The number of nitrogens with zero attached hydrogens (tertiary/aromatic N) is 2. The first-order valence-electron chi connectivity index (χ1n) is 12.1. The molecule has 1 aromatic heterocycles. The van der Waals surface area contributed by atoms with Gasteiger partial charge in [-0.2, -0.15) is 0 Å². The van der Waals surface area contributed by atoms with E-state index in [1.54, 1.807) is 30.5 Å². The molecule has 3 aromatic carbocycles. The summed E-state index contributed by atoms with van der Waals surface area (Å²) < 4.78 is 5.51. The summed E-state index contributed by atoms with van der Waals surface area (Å²) in [6.45, 7) is 0.0315. The van der Waals surface area contributed by atoms with Crippen LogP contribution in [0.5, 0.6) is 0 Å². The van der Waals surface area contributed by atoms with Gasteiger partial charge in [-0.3, -0.25) is 10.1 Å². The number of nitrogens with one attached hydrogen (secondary N) is 1. The lowest BCUT2D eigenvalue weighted by molar-refractivity contribution is -0.385. The Labute approximate surface area is 228 Å². The molecule has 0 bridgehead atoms. The van der Waals surface area contributed by atoms with Crippen LogP contribution in [0.15, 0.2) is 101 Å². The number of carboxylic acids is 1. The van der Waals surface area contributed by atoms with Crippen LogP contribution in [0.1, 0.15) is 22.6 Å². The zero-order valence-electron chi connectivity index (χ0n) is 20.5. The SMILES string of the molecule is O=C(NC(Cc1cc([N+](=O)[O-])ccc1Sc1ccccn1)C(=O)O)OCC1c2ccccc2-c2ccccc21. The summed E-state index contributed by atoms with van der Waals surface area (Å²) in [6, 6.07) is 24.0. The number of aromatic nitrogens is 1. The van der Waals surface area contributed by atoms with Gasteiger partial charge >= 0.3 is 12.1 Å². The number of benzene rings is 3. The Morgan fingerprint density at radius 3 is 2.28 bits per heavy atom. The largest absolute Gasteiger partial charge is 0.480 e. The molecule has 1 amide bonds. The van der Waals surface area contributed by atoms with E-state index >= 15 is 0 Å². The number of alkyl carbamates (subject to hydrolysis) is 1. The number of aliphatic carboxylic acids is 1. The number of amides is 1. The minimum absolute atomic E-state index is 0.0315. The minimum Gasteiger partial charge on any atom is -0.480 e. The maximum absolute atomic E-state index is 12.8. The predicted molar refractivity (Wildman–Crippen MR) is 145 cm³/mol. The number of rotatable bonds is 9. The maximum atomic E-state index is 12.8. The molecule has 39 heavy (non-hydrogen) atoms. The third kappa shape index (κ3) is 5.75. The van der Waals surface area contributed by atoms with Gasteiger partial charge in [-0.05, 0) is 46.0 Å². The summed E-state index contributed by atoms with van der Waals surface area (Å²) in [4.78, 5) is 40.5. The Morgan fingerprint density at radius 1 is 1.00 bits per heavy atom. The van der Waals surface area contributed by atoms with Crippen LogP contribution in [0.25, 0.3) is 11.1 Å². The zero-order valence-corrected chi connectivity index (χ0v) is 21.3. The van der Waals surface area contributed by atoms with Crippen LogP contribution in [0, 0.1) is 10.1 Å². The highest BCUT2D eigenvalue weighted by Crippen LogP contribution is 2.44. The monoisotopic (exact) mass is 541 g/mol. The van der Waals surface area contributed by atoms with E-state index in [2.05, 4.69) is 10.3 Å². The summed E-state index contributed by atoms with van der Waals surface area (Å²) in [6.07, 6.45) is 0.552. The number of hydrogen-bond donors (Lipinski definition) is 2. The summed E-state index contributed by atoms with van der Waals surface area (Å²) in [5.74, 6) is -1.46. The van der Waals surface area contributed by atoms with Crippen LogP contribution < -0.4 is 5.32 Å².